The summed E-state index contributed by atoms with van der Waals surface area (Å²) in [6, 6.07) is 10.6. The Balaban J connectivity index is 1.70. The normalized spacial score (nSPS) is 17.5. The van der Waals surface area contributed by atoms with E-state index in [4.69, 9.17) is 51.8 Å². The van der Waals surface area contributed by atoms with Crippen molar-refractivity contribution in [3.8, 4) is 5.75 Å². The van der Waals surface area contributed by atoms with E-state index in [0.29, 0.717) is 5.02 Å². The van der Waals surface area contributed by atoms with E-state index in [1.165, 1.54) is 33.6 Å². The number of aromatic nitrogens is 3. The number of rotatable bonds is 8. The smallest absolute Gasteiger partial charge is 0.305 e. The maximum absolute atomic E-state index is 13.4. The van der Waals surface area contributed by atoms with Crippen LogP contribution in [0.3, 0.4) is 0 Å². The topological polar surface area (TPSA) is 104 Å². The number of aliphatic carboxylic acids is 1. The van der Waals surface area contributed by atoms with Crippen LogP contribution in [0.25, 0.3) is 0 Å². The summed E-state index contributed by atoms with van der Waals surface area (Å²) in [4.78, 5) is 26.9. The lowest BCUT2D eigenvalue weighted by molar-refractivity contribution is -0.138. The summed E-state index contributed by atoms with van der Waals surface area (Å²) in [6.07, 6.45) is -0.334. The van der Waals surface area contributed by atoms with Gasteiger partial charge in [-0.25, -0.2) is 9.69 Å². The number of hydrogen-bond acceptors (Lipinski definition) is 7. The van der Waals surface area contributed by atoms with Crippen LogP contribution >= 0.6 is 58.8 Å². The number of anilines is 1. The third-order valence-corrected chi connectivity index (χ3v) is 7.78. The number of nitrogens with one attached hydrogen (secondary N) is 1. The third-order valence-electron chi connectivity index (χ3n) is 5.31. The van der Waals surface area contributed by atoms with Gasteiger partial charge < -0.3 is 14.7 Å². The predicted octanol–water partition coefficient (Wildman–Crippen LogP) is 5.30. The molecule has 2 heterocycles. The minimum atomic E-state index is -1.07. The standard InChI is InChI=1S/C22H20Cl3N5O4S2/c1-28(2)13-5-3-11(4-6-13)21-30(20(33)16(36-21)9-18(31)32)29-17(26-27-22(29)35)10-34-19-14(24)7-12(23)8-15(19)25/h3-8,16,21H,9-10H2,1-2H3,(H,27,35)(H,31,32). The molecular weight excluding hydrogens is 569 g/mol. The van der Waals surface area contributed by atoms with Crippen molar-refractivity contribution in [3.05, 3.63) is 67.6 Å². The van der Waals surface area contributed by atoms with Gasteiger partial charge in [0.25, 0.3) is 5.91 Å². The molecule has 0 bridgehead atoms. The summed E-state index contributed by atoms with van der Waals surface area (Å²) >= 11 is 25.1. The molecule has 2 aromatic carbocycles. The van der Waals surface area contributed by atoms with Gasteiger partial charge in [-0.1, -0.05) is 46.9 Å². The van der Waals surface area contributed by atoms with Gasteiger partial charge in [-0.05, 0) is 42.0 Å². The number of amides is 1. The van der Waals surface area contributed by atoms with Crippen LogP contribution in [-0.2, 0) is 16.2 Å². The zero-order valence-corrected chi connectivity index (χ0v) is 22.8. The van der Waals surface area contributed by atoms with Crippen molar-refractivity contribution < 1.29 is 19.4 Å². The SMILES string of the molecule is CN(C)c1ccc(C2SC(CC(=O)O)C(=O)N2n2c(COc3c(Cl)cc(Cl)cc3Cl)n[nH]c2=S)cc1. The van der Waals surface area contributed by atoms with Gasteiger partial charge in [-0.15, -0.1) is 11.8 Å². The van der Waals surface area contributed by atoms with E-state index < -0.39 is 22.5 Å². The molecule has 14 heteroatoms. The first kappa shape index (κ1) is 26.6. The number of benzene rings is 2. The first-order valence-electron chi connectivity index (χ1n) is 10.5. The quantitative estimate of drug-likeness (QED) is 0.342. The molecule has 2 N–H and O–H groups in total. The maximum Gasteiger partial charge on any atom is 0.305 e. The summed E-state index contributed by atoms with van der Waals surface area (Å²) in [5.41, 5.74) is 1.78. The van der Waals surface area contributed by atoms with Crippen molar-refractivity contribution in [2.45, 2.75) is 23.7 Å². The van der Waals surface area contributed by atoms with Gasteiger partial charge in [0.05, 0.1) is 21.7 Å². The van der Waals surface area contributed by atoms with Gasteiger partial charge in [0.15, 0.2) is 11.6 Å². The Hall–Kier alpha value is -2.44. The summed E-state index contributed by atoms with van der Waals surface area (Å²) in [5, 5.41) is 17.1. The molecule has 1 aliphatic rings. The van der Waals surface area contributed by atoms with Crippen molar-refractivity contribution in [1.29, 1.82) is 0 Å². The molecule has 1 saturated heterocycles. The second-order valence-corrected chi connectivity index (χ2v) is 10.9. The van der Waals surface area contributed by atoms with Crippen LogP contribution < -0.4 is 14.6 Å². The Labute approximate surface area is 230 Å². The summed E-state index contributed by atoms with van der Waals surface area (Å²) in [7, 11) is 3.85. The number of nitrogens with zero attached hydrogens (tertiary/aromatic N) is 4. The van der Waals surface area contributed by atoms with Crippen LogP contribution in [0.2, 0.25) is 15.1 Å². The zero-order valence-electron chi connectivity index (χ0n) is 18.9. The molecule has 3 aromatic rings. The molecule has 4 rings (SSSR count). The van der Waals surface area contributed by atoms with Gasteiger partial charge in [0.2, 0.25) is 4.77 Å². The Morgan fingerprint density at radius 1 is 1.22 bits per heavy atom. The molecule has 0 radical (unpaired) electrons. The second kappa shape index (κ2) is 10.9. The lowest BCUT2D eigenvalue weighted by Gasteiger charge is -2.26. The first-order chi connectivity index (χ1) is 17.1. The van der Waals surface area contributed by atoms with Gasteiger partial charge >= 0.3 is 5.97 Å². The molecule has 190 valence electrons. The van der Waals surface area contributed by atoms with E-state index >= 15 is 0 Å². The summed E-state index contributed by atoms with van der Waals surface area (Å²) in [6.45, 7) is -0.140. The lowest BCUT2D eigenvalue weighted by atomic mass is 10.2. The second-order valence-electron chi connectivity index (χ2n) is 7.99. The first-order valence-corrected chi connectivity index (χ1v) is 13.0. The van der Waals surface area contributed by atoms with E-state index in [9.17, 15) is 14.7 Å². The number of carbonyl (C=O) groups is 2. The molecule has 0 aliphatic carbocycles. The molecule has 1 amide bonds. The minimum Gasteiger partial charge on any atom is -0.482 e. The van der Waals surface area contributed by atoms with Crippen molar-refractivity contribution in [3.63, 3.8) is 0 Å². The monoisotopic (exact) mass is 587 g/mol. The fourth-order valence-corrected chi connectivity index (χ4v) is 6.20. The number of hydrogen-bond donors (Lipinski definition) is 2. The number of aromatic amines is 1. The van der Waals surface area contributed by atoms with E-state index in [0.717, 1.165) is 11.3 Å². The molecule has 0 saturated carbocycles. The van der Waals surface area contributed by atoms with Gasteiger partial charge in [0, 0.05) is 24.8 Å². The highest BCUT2D eigenvalue weighted by Crippen LogP contribution is 2.44. The number of carboxylic acid groups (broad SMARTS) is 1. The molecule has 1 aromatic heterocycles. The van der Waals surface area contributed by atoms with E-state index in [2.05, 4.69) is 10.2 Å². The van der Waals surface area contributed by atoms with Crippen LogP contribution in [-0.4, -0.2) is 51.2 Å². The molecule has 2 atom stereocenters. The van der Waals surface area contributed by atoms with Gasteiger partial charge in [-0.3, -0.25) is 14.7 Å². The van der Waals surface area contributed by atoms with E-state index in [-0.39, 0.29) is 39.4 Å². The number of ether oxygens (including phenoxy) is 1. The largest absolute Gasteiger partial charge is 0.482 e. The van der Waals surface area contributed by atoms with Crippen molar-refractivity contribution >= 4 is 76.3 Å². The average molecular weight is 589 g/mol. The maximum atomic E-state index is 13.4. The van der Waals surface area contributed by atoms with Crippen molar-refractivity contribution in [1.82, 2.24) is 14.9 Å². The lowest BCUT2D eigenvalue weighted by Crippen LogP contribution is -2.42. The fourth-order valence-electron chi connectivity index (χ4n) is 3.63. The average Bonchev–Trinajstić information content (AvgIpc) is 3.31. The predicted molar refractivity (Wildman–Crippen MR) is 144 cm³/mol. The Morgan fingerprint density at radius 3 is 2.44 bits per heavy atom. The number of halogens is 3. The molecular formula is C22H20Cl3N5O4S2. The fraction of sp³-hybridized carbons (Fsp3) is 0.273. The van der Waals surface area contributed by atoms with E-state index in [1.54, 1.807) is 0 Å². The summed E-state index contributed by atoms with van der Waals surface area (Å²) < 4.78 is 7.38. The highest BCUT2D eigenvalue weighted by Gasteiger charge is 2.44. The number of carboxylic acids is 1. The van der Waals surface area contributed by atoms with Crippen LogP contribution in [0.4, 0.5) is 5.69 Å². The Kier molecular flexibility index (Phi) is 8.06. The zero-order chi connectivity index (χ0) is 26.1. The number of H-pyrrole nitrogens is 1. The Morgan fingerprint density at radius 2 is 1.86 bits per heavy atom. The van der Waals surface area contributed by atoms with Crippen LogP contribution in [0.5, 0.6) is 5.75 Å². The highest BCUT2D eigenvalue weighted by atomic mass is 35.5. The van der Waals surface area contributed by atoms with Crippen LogP contribution in [0, 0.1) is 4.77 Å². The number of thioether (sulfide) groups is 1. The van der Waals surface area contributed by atoms with Gasteiger partial charge in [0.1, 0.15) is 12.0 Å². The molecule has 2 unspecified atom stereocenters. The molecule has 9 nitrogen and oxygen atoms in total. The molecule has 1 fully saturated rings. The molecule has 36 heavy (non-hydrogen) atoms. The minimum absolute atomic E-state index is 0.140. The van der Waals surface area contributed by atoms with Crippen LogP contribution in [0.15, 0.2) is 36.4 Å². The molecule has 1 aliphatic heterocycles. The summed E-state index contributed by atoms with van der Waals surface area (Å²) in [5.74, 6) is -1.02. The van der Waals surface area contributed by atoms with Crippen molar-refractivity contribution in [2.24, 2.45) is 0 Å². The van der Waals surface area contributed by atoms with E-state index in [1.807, 2.05) is 43.3 Å². The highest BCUT2D eigenvalue weighted by molar-refractivity contribution is 8.01. The van der Waals surface area contributed by atoms with Gasteiger partial charge in [-0.2, -0.15) is 5.10 Å². The van der Waals surface area contributed by atoms with Crippen molar-refractivity contribution in [2.75, 3.05) is 24.0 Å². The Bertz CT molecular complexity index is 1340. The number of carbonyl (C=O) groups excluding carboxylic acids is 1. The van der Waals surface area contributed by atoms with Crippen LogP contribution in [0.1, 0.15) is 23.2 Å². The third kappa shape index (κ3) is 5.45. The molecule has 0 spiro atoms.